The molecule has 2 fully saturated rings. The summed E-state index contributed by atoms with van der Waals surface area (Å²) in [4.78, 5) is 15.1. The maximum absolute atomic E-state index is 13.0. The second-order valence-corrected chi connectivity index (χ2v) is 7.49. The second-order valence-electron chi connectivity index (χ2n) is 7.49. The summed E-state index contributed by atoms with van der Waals surface area (Å²) in [6, 6.07) is 8.85. The Balaban J connectivity index is 1.68. The molecule has 0 radical (unpaired) electrons. The van der Waals surface area contributed by atoms with Crippen molar-refractivity contribution in [1.82, 2.24) is 15.5 Å². The van der Waals surface area contributed by atoms with Gasteiger partial charge in [-0.2, -0.15) is 0 Å². The van der Waals surface area contributed by atoms with Gasteiger partial charge in [-0.15, -0.1) is 0 Å². The van der Waals surface area contributed by atoms with Crippen LogP contribution in [0.2, 0.25) is 0 Å². The number of aryl methyl sites for hydroxylation is 1. The molecular weight excluding hydrogens is 314 g/mol. The van der Waals surface area contributed by atoms with Crippen molar-refractivity contribution in [2.75, 3.05) is 13.1 Å². The van der Waals surface area contributed by atoms with Gasteiger partial charge in [-0.1, -0.05) is 24.3 Å². The zero-order valence-electron chi connectivity index (χ0n) is 15.2. The van der Waals surface area contributed by atoms with Gasteiger partial charge < -0.3 is 20.6 Å². The molecule has 0 spiro atoms. The Labute approximate surface area is 150 Å². The van der Waals surface area contributed by atoms with Crippen LogP contribution in [0.15, 0.2) is 24.3 Å². The number of nitrogens with one attached hydrogen (secondary N) is 2. The highest BCUT2D eigenvalue weighted by Gasteiger charge is 2.28. The molecule has 0 unspecified atom stereocenters. The standard InChI is InChI=1S/C20H31N3O2/c1-15-4-2-3-5-16(15)14-23(18-10-12-21-13-11-18)20(25)22-17-6-8-19(24)9-7-17/h2-5,17-19,21,24H,6-14H2,1H3,(H,22,25). The first-order valence-electron chi connectivity index (χ1n) is 9.64. The predicted octanol–water partition coefficient (Wildman–Crippen LogP) is 2.56. The van der Waals surface area contributed by atoms with Crippen molar-refractivity contribution in [1.29, 1.82) is 0 Å². The smallest absolute Gasteiger partial charge is 0.318 e. The first kappa shape index (κ1) is 18.2. The fourth-order valence-corrected chi connectivity index (χ4v) is 3.93. The Hall–Kier alpha value is -1.59. The van der Waals surface area contributed by atoms with Crippen LogP contribution in [0.4, 0.5) is 4.79 Å². The molecule has 0 atom stereocenters. The SMILES string of the molecule is Cc1ccccc1CN(C(=O)NC1CCC(O)CC1)C1CCNCC1. The van der Waals surface area contributed by atoms with Crippen molar-refractivity contribution in [3.63, 3.8) is 0 Å². The molecule has 0 bridgehead atoms. The van der Waals surface area contributed by atoms with Crippen molar-refractivity contribution >= 4 is 6.03 Å². The fraction of sp³-hybridized carbons (Fsp3) is 0.650. The molecule has 25 heavy (non-hydrogen) atoms. The van der Waals surface area contributed by atoms with Crippen molar-refractivity contribution in [3.8, 4) is 0 Å². The molecule has 1 saturated heterocycles. The Morgan fingerprint density at radius 2 is 1.84 bits per heavy atom. The van der Waals surface area contributed by atoms with Crippen LogP contribution in [0.3, 0.4) is 0 Å². The summed E-state index contributed by atoms with van der Waals surface area (Å²) in [5, 5.41) is 16.3. The lowest BCUT2D eigenvalue weighted by Crippen LogP contribution is -2.52. The van der Waals surface area contributed by atoms with Crippen LogP contribution in [0.25, 0.3) is 0 Å². The molecule has 1 heterocycles. The number of carbonyl (C=O) groups excluding carboxylic acids is 1. The van der Waals surface area contributed by atoms with Gasteiger partial charge in [-0.05, 0) is 69.7 Å². The molecule has 3 N–H and O–H groups in total. The van der Waals surface area contributed by atoms with Gasteiger partial charge in [-0.25, -0.2) is 4.79 Å². The summed E-state index contributed by atoms with van der Waals surface area (Å²) in [7, 11) is 0. The molecule has 1 aromatic rings. The maximum Gasteiger partial charge on any atom is 0.318 e. The summed E-state index contributed by atoms with van der Waals surface area (Å²) in [5.41, 5.74) is 2.45. The highest BCUT2D eigenvalue weighted by Crippen LogP contribution is 2.21. The molecule has 5 heteroatoms. The van der Waals surface area contributed by atoms with Gasteiger partial charge in [0.15, 0.2) is 0 Å². The third-order valence-electron chi connectivity index (χ3n) is 5.64. The van der Waals surface area contributed by atoms with E-state index < -0.39 is 0 Å². The molecule has 138 valence electrons. The van der Waals surface area contributed by atoms with Crippen LogP contribution < -0.4 is 10.6 Å². The third kappa shape index (κ3) is 4.95. The third-order valence-corrected chi connectivity index (χ3v) is 5.64. The molecule has 2 amide bonds. The summed E-state index contributed by atoms with van der Waals surface area (Å²) in [6.45, 7) is 4.71. The number of aliphatic hydroxyl groups excluding tert-OH is 1. The van der Waals surface area contributed by atoms with Crippen molar-refractivity contribution < 1.29 is 9.90 Å². The molecule has 5 nitrogen and oxygen atoms in total. The van der Waals surface area contributed by atoms with Crippen molar-refractivity contribution in [2.24, 2.45) is 0 Å². The van der Waals surface area contributed by atoms with E-state index in [1.54, 1.807) is 0 Å². The van der Waals surface area contributed by atoms with E-state index >= 15 is 0 Å². The molecule has 1 saturated carbocycles. The number of benzene rings is 1. The van der Waals surface area contributed by atoms with E-state index in [2.05, 4.69) is 29.7 Å². The normalized spacial score (nSPS) is 24.7. The fourth-order valence-electron chi connectivity index (χ4n) is 3.93. The summed E-state index contributed by atoms with van der Waals surface area (Å²) in [6.07, 6.45) is 5.13. The van der Waals surface area contributed by atoms with E-state index in [0.717, 1.165) is 51.6 Å². The van der Waals surface area contributed by atoms with Crippen LogP contribution in [0, 0.1) is 6.92 Å². The number of hydrogen-bond acceptors (Lipinski definition) is 3. The number of nitrogens with zero attached hydrogens (tertiary/aromatic N) is 1. The highest BCUT2D eigenvalue weighted by molar-refractivity contribution is 5.75. The van der Waals surface area contributed by atoms with Gasteiger partial charge >= 0.3 is 6.03 Å². The average molecular weight is 345 g/mol. The zero-order chi connectivity index (χ0) is 17.6. The van der Waals surface area contributed by atoms with Gasteiger partial charge in [0.05, 0.1) is 6.10 Å². The first-order chi connectivity index (χ1) is 12.1. The number of urea groups is 1. The molecular formula is C20H31N3O2. The number of aliphatic hydroxyl groups is 1. The minimum absolute atomic E-state index is 0.0524. The van der Waals surface area contributed by atoms with Crippen molar-refractivity contribution in [2.45, 2.75) is 70.2 Å². The minimum atomic E-state index is -0.194. The molecule has 3 rings (SSSR count). The molecule has 1 aromatic carbocycles. The van der Waals surface area contributed by atoms with E-state index in [1.807, 2.05) is 17.0 Å². The Morgan fingerprint density at radius 1 is 1.16 bits per heavy atom. The number of rotatable bonds is 4. The van der Waals surface area contributed by atoms with E-state index in [-0.39, 0.29) is 24.2 Å². The van der Waals surface area contributed by atoms with E-state index in [1.165, 1.54) is 11.1 Å². The van der Waals surface area contributed by atoms with Crippen molar-refractivity contribution in [3.05, 3.63) is 35.4 Å². The van der Waals surface area contributed by atoms with Crippen LogP contribution >= 0.6 is 0 Å². The number of piperidine rings is 1. The number of hydrogen-bond donors (Lipinski definition) is 3. The summed E-state index contributed by atoms with van der Waals surface area (Å²) in [5.74, 6) is 0. The largest absolute Gasteiger partial charge is 0.393 e. The second kappa shape index (κ2) is 8.68. The van der Waals surface area contributed by atoms with E-state index in [0.29, 0.717) is 6.54 Å². The Kier molecular flexibility index (Phi) is 6.32. The Morgan fingerprint density at radius 3 is 2.52 bits per heavy atom. The molecule has 1 aliphatic heterocycles. The van der Waals surface area contributed by atoms with Crippen LogP contribution in [0.1, 0.15) is 49.7 Å². The summed E-state index contributed by atoms with van der Waals surface area (Å²) >= 11 is 0. The molecule has 2 aliphatic rings. The number of amides is 2. The number of carbonyl (C=O) groups is 1. The highest BCUT2D eigenvalue weighted by atomic mass is 16.3. The summed E-state index contributed by atoms with van der Waals surface area (Å²) < 4.78 is 0. The lowest BCUT2D eigenvalue weighted by Gasteiger charge is -2.37. The van der Waals surface area contributed by atoms with Crippen LogP contribution in [-0.4, -0.2) is 47.3 Å². The molecule has 0 aromatic heterocycles. The van der Waals surface area contributed by atoms with Gasteiger partial charge in [0.2, 0.25) is 0 Å². The Bertz CT molecular complexity index is 564. The average Bonchev–Trinajstić information content (AvgIpc) is 2.63. The predicted molar refractivity (Wildman–Crippen MR) is 99.4 cm³/mol. The van der Waals surface area contributed by atoms with Crippen LogP contribution in [0.5, 0.6) is 0 Å². The van der Waals surface area contributed by atoms with E-state index in [4.69, 9.17) is 0 Å². The van der Waals surface area contributed by atoms with Gasteiger partial charge in [0.25, 0.3) is 0 Å². The first-order valence-corrected chi connectivity index (χ1v) is 9.64. The van der Waals surface area contributed by atoms with Gasteiger partial charge in [-0.3, -0.25) is 0 Å². The van der Waals surface area contributed by atoms with E-state index in [9.17, 15) is 9.90 Å². The minimum Gasteiger partial charge on any atom is -0.393 e. The maximum atomic E-state index is 13.0. The lowest BCUT2D eigenvalue weighted by atomic mass is 9.93. The lowest BCUT2D eigenvalue weighted by molar-refractivity contribution is 0.110. The molecule has 1 aliphatic carbocycles. The quantitative estimate of drug-likeness (QED) is 0.786. The van der Waals surface area contributed by atoms with Gasteiger partial charge in [0.1, 0.15) is 0 Å². The van der Waals surface area contributed by atoms with Gasteiger partial charge in [0, 0.05) is 18.6 Å². The van der Waals surface area contributed by atoms with Crippen LogP contribution in [-0.2, 0) is 6.54 Å². The zero-order valence-corrected chi connectivity index (χ0v) is 15.2. The topological polar surface area (TPSA) is 64.6 Å². The monoisotopic (exact) mass is 345 g/mol.